The number of para-hydroxylation sites is 4. The van der Waals surface area contributed by atoms with Crippen molar-refractivity contribution in [1.82, 2.24) is 84.4 Å². The van der Waals surface area contributed by atoms with Crippen LogP contribution < -0.4 is 20.3 Å². The van der Waals surface area contributed by atoms with Gasteiger partial charge in [-0.25, -0.2) is 11.4 Å². The van der Waals surface area contributed by atoms with Gasteiger partial charge in [-0.05, 0) is 137 Å². The standard InChI is InChI=1S/2C22H16N2.C21H12N2O.C20H13N3.C11H11N2.C10H9N2.2C9H7N2.4Pt/c1-16-21(24-22(23-16)20-10-6-3-7-11-20)19-14-12-18(13-15-19)17-8-4-2-5-9-17;1-16-21(19-10-6-3-7-11-19)23-24-22(16)20-14-12-18(13-15-20)17-8-4-2-5-9-17;1-2-6-14(7-3-1)18-13-19(23-22-18)15-10-11-17-16-8-4-5-9-20(16)24-21(17)12-15;1-3-7-15(8-4-1)16-11-13-18(14-12-16)20-21-19(22-23-20)17-9-5-2-6-10-17;1-9-8-10(2)13(12-9)11-6-4-3-5-7-11;1-12-8-7-11-10(12)9-5-3-2-4-6-9;2*1-2-5-9(6-3-1)11-8-4-7-10-11;;;;/h2*2-10,12-15H,1H3;1-6,8-13H;1-9,11-14H;3-6,8H,1-2H3;2-5,7-8H,1H3;2*1-5,7-8H;;;;/q4*-2;4*-1;;;;. The molecule has 22 heteroatoms. The van der Waals surface area contributed by atoms with E-state index < -0.39 is 0 Å². The van der Waals surface area contributed by atoms with Crippen LogP contribution in [0.15, 0.2) is 466 Å². The molecule has 25 rings (SSSR count). The maximum absolute atomic E-state index is 5.95. The molecule has 0 radical (unpaired) electrons. The molecule has 0 aliphatic rings. The van der Waals surface area contributed by atoms with Crippen molar-refractivity contribution in [2.75, 3.05) is 0 Å². The zero-order valence-electron chi connectivity index (χ0n) is 79.7. The van der Waals surface area contributed by atoms with Gasteiger partial charge in [-0.3, -0.25) is 24.1 Å². The Morgan fingerprint density at radius 1 is 0.308 bits per heavy atom. The molecule has 18 nitrogen and oxygen atoms in total. The van der Waals surface area contributed by atoms with Gasteiger partial charge in [0.15, 0.2) is 0 Å². The maximum atomic E-state index is 5.95. The van der Waals surface area contributed by atoms with E-state index in [0.29, 0.717) is 11.6 Å². The molecule has 9 aromatic heterocycles. The summed E-state index contributed by atoms with van der Waals surface area (Å²) in [5.41, 5.74) is 29.4. The Labute approximate surface area is 907 Å². The van der Waals surface area contributed by atoms with Crippen LogP contribution in [0.1, 0.15) is 22.6 Å². The number of rotatable bonds is 15. The molecular weight excluding hydrogens is 2520 g/mol. The summed E-state index contributed by atoms with van der Waals surface area (Å²) < 4.78 is 13.4. The number of hydrogen-bond acceptors (Lipinski definition) is 10. The molecule has 16 aromatic carbocycles. The molecule has 0 saturated heterocycles. The number of aryl methyl sites for hydroxylation is 4. The zero-order valence-corrected chi connectivity index (χ0v) is 88.7. The molecule has 0 spiro atoms. The molecule has 9 heterocycles. The average molecular weight is 2620 g/mol. The molecule has 0 fully saturated rings. The molecule has 0 amide bonds. The second kappa shape index (κ2) is 53.1. The normalized spacial score (nSPS) is 10.3. The van der Waals surface area contributed by atoms with E-state index in [2.05, 4.69) is 262 Å². The van der Waals surface area contributed by atoms with Gasteiger partial charge >= 0.3 is 0 Å². The first kappa shape index (κ1) is 105. The fourth-order valence-corrected chi connectivity index (χ4v) is 15.6. The monoisotopic (exact) mass is 2610 g/mol. The van der Waals surface area contributed by atoms with E-state index in [1.54, 1.807) is 28.0 Å². The molecule has 0 bridgehead atoms. The fourth-order valence-electron chi connectivity index (χ4n) is 15.6. The Morgan fingerprint density at radius 3 is 1.21 bits per heavy atom. The van der Waals surface area contributed by atoms with E-state index in [1.807, 2.05) is 335 Å². The largest absolute Gasteiger partial charge is 0.618 e. The van der Waals surface area contributed by atoms with Gasteiger partial charge in [0.05, 0.1) is 11.5 Å². The number of benzene rings is 16. The number of fused-ring (bicyclic) bond motifs is 3. The summed E-state index contributed by atoms with van der Waals surface area (Å²) in [6, 6.07) is 166. The summed E-state index contributed by atoms with van der Waals surface area (Å²) in [5.74, 6) is 2.93. The number of furan rings is 1. The summed E-state index contributed by atoms with van der Waals surface area (Å²) in [6.45, 7) is 8.10. The first-order valence-electron chi connectivity index (χ1n) is 46.1. The molecule has 730 valence electrons. The van der Waals surface area contributed by atoms with Crippen LogP contribution >= 0.6 is 0 Å². The van der Waals surface area contributed by atoms with Crippen molar-refractivity contribution < 1.29 is 88.7 Å². The molecule has 146 heavy (non-hydrogen) atoms. The van der Waals surface area contributed by atoms with Crippen LogP contribution in [0.2, 0.25) is 0 Å². The van der Waals surface area contributed by atoms with E-state index in [4.69, 9.17) is 9.40 Å². The minimum atomic E-state index is 0. The predicted octanol–water partition coefficient (Wildman–Crippen LogP) is 27.1. The third-order valence-electron chi connectivity index (χ3n) is 22.7. The zero-order chi connectivity index (χ0) is 96.8. The molecule has 0 saturated carbocycles. The quantitative estimate of drug-likeness (QED) is 0.0876. The third kappa shape index (κ3) is 27.6. The molecular formula is C124H91N17OPt4-12. The number of nitrogens with zero attached hydrogens (tertiary/aromatic N) is 17. The Kier molecular flexibility index (Phi) is 38.4. The van der Waals surface area contributed by atoms with Crippen molar-refractivity contribution in [2.24, 2.45) is 7.05 Å². The van der Waals surface area contributed by atoms with Crippen molar-refractivity contribution >= 4 is 21.9 Å². The van der Waals surface area contributed by atoms with E-state index in [0.717, 1.165) is 152 Å². The molecule has 25 aromatic rings. The van der Waals surface area contributed by atoms with Gasteiger partial charge in [-0.1, -0.05) is 205 Å². The van der Waals surface area contributed by atoms with Gasteiger partial charge in [0.25, 0.3) is 0 Å². The second-order valence-corrected chi connectivity index (χ2v) is 32.4. The number of imidazole rings is 2. The van der Waals surface area contributed by atoms with Gasteiger partial charge in [0.1, 0.15) is 11.2 Å². The number of aromatic nitrogens is 17. The smallest absolute Gasteiger partial charge is 0.136 e. The van der Waals surface area contributed by atoms with Crippen LogP contribution in [0.25, 0.3) is 174 Å². The summed E-state index contributed by atoms with van der Waals surface area (Å²) in [4.78, 5) is 18.0. The van der Waals surface area contributed by atoms with Crippen molar-refractivity contribution in [3.8, 4) is 152 Å². The Hall–Kier alpha value is -16.3. The molecule has 0 atom stereocenters. The summed E-state index contributed by atoms with van der Waals surface area (Å²) >= 11 is 0. The van der Waals surface area contributed by atoms with Crippen LogP contribution in [-0.2, 0) is 91.3 Å². The van der Waals surface area contributed by atoms with Crippen molar-refractivity contribution in [2.45, 2.75) is 27.7 Å². The van der Waals surface area contributed by atoms with Gasteiger partial charge in [0.2, 0.25) is 0 Å². The number of hydrogen-bond donors (Lipinski definition) is 0. The van der Waals surface area contributed by atoms with Crippen LogP contribution in [0.3, 0.4) is 0 Å². The Morgan fingerprint density at radius 2 is 0.740 bits per heavy atom. The van der Waals surface area contributed by atoms with Gasteiger partial charge in [-0.2, -0.15) is 110 Å². The van der Waals surface area contributed by atoms with Crippen molar-refractivity contribution in [3.05, 3.63) is 533 Å². The molecule has 0 aliphatic heterocycles. The predicted molar refractivity (Wildman–Crippen MR) is 564 cm³/mol. The molecule has 0 N–H and O–H groups in total. The van der Waals surface area contributed by atoms with Gasteiger partial charge in [-0.15, -0.1) is 187 Å². The third-order valence-corrected chi connectivity index (χ3v) is 22.7. The van der Waals surface area contributed by atoms with E-state index >= 15 is 0 Å². The van der Waals surface area contributed by atoms with Crippen LogP contribution in [0, 0.1) is 76.2 Å². The van der Waals surface area contributed by atoms with Crippen LogP contribution in [-0.4, -0.2) is 64.2 Å². The van der Waals surface area contributed by atoms with Crippen LogP contribution in [0.4, 0.5) is 0 Å². The Bertz CT molecular complexity index is 7970. The summed E-state index contributed by atoms with van der Waals surface area (Å²) in [6.07, 6.45) is 11.0. The van der Waals surface area contributed by atoms with Crippen molar-refractivity contribution in [3.63, 3.8) is 0 Å². The minimum absolute atomic E-state index is 0. The topological polar surface area (TPSA) is 205 Å². The van der Waals surface area contributed by atoms with Gasteiger partial charge in [0, 0.05) is 168 Å². The van der Waals surface area contributed by atoms with E-state index in [9.17, 15) is 0 Å². The van der Waals surface area contributed by atoms with E-state index in [1.165, 1.54) is 33.4 Å². The SMILES string of the molecule is Cc1[n-]c(-c2[c-]cccc2)nc1-c1ccc(-c2ccccc2)cc1.Cc1c(-c2ccc(-c3ccccc3)cc2)n[n-]c1-c1[c-]cccc1.Cc1cc(C)n(-c2[c-]cccc2)n1.Cn1ccnc1-c1[c-]cccc1.[Pt].[Pt].[Pt].[Pt].[c-]1ccccc1-c1cc(-c2ccc3c(c2)oc2ccccc23)n[n-]1.[c-]1ccccc1-c1nc(-c2ccc(-c3ccccc3)cc2)n[n-]1.[c-]1ccccc1-n1cccn1.[c-]1ccccc1-n1cccn1. The second-order valence-electron chi connectivity index (χ2n) is 32.4. The van der Waals surface area contributed by atoms with Gasteiger partial charge < -0.3 is 49.4 Å². The minimum Gasteiger partial charge on any atom is -0.618 e. The Balaban J connectivity index is 0.000000134. The maximum Gasteiger partial charge on any atom is 0.136 e. The summed E-state index contributed by atoms with van der Waals surface area (Å²) in [5, 5.41) is 40.4. The average Bonchev–Trinajstić information content (AvgIpc) is 1.63. The fraction of sp³-hybridized carbons (Fsp3) is 0.0403. The molecule has 0 unspecified atom stereocenters. The van der Waals surface area contributed by atoms with Crippen molar-refractivity contribution in [1.29, 1.82) is 0 Å². The van der Waals surface area contributed by atoms with Crippen LogP contribution in [0.5, 0.6) is 0 Å². The van der Waals surface area contributed by atoms with E-state index in [-0.39, 0.29) is 84.3 Å². The first-order chi connectivity index (χ1) is 70.0. The first-order valence-corrected chi connectivity index (χ1v) is 46.1. The molecule has 0 aliphatic carbocycles. The summed E-state index contributed by atoms with van der Waals surface area (Å²) in [7, 11) is 1.98.